The van der Waals surface area contributed by atoms with Gasteiger partial charge in [-0.25, -0.2) is 4.68 Å². The molecule has 2 N–H and O–H groups in total. The Morgan fingerprint density at radius 1 is 1.09 bits per heavy atom. The maximum Gasteiger partial charge on any atom is 0.290 e. The molecule has 1 fully saturated rings. The first-order valence-corrected chi connectivity index (χ1v) is 10.9. The van der Waals surface area contributed by atoms with Crippen molar-refractivity contribution in [2.24, 2.45) is 5.92 Å². The smallest absolute Gasteiger partial charge is 0.290 e. The Balaban J connectivity index is 1.48. The summed E-state index contributed by atoms with van der Waals surface area (Å²) in [4.78, 5) is 52.0. The predicted octanol–water partition coefficient (Wildman–Crippen LogP) is 2.27. The first kappa shape index (κ1) is 22.5. The SMILES string of the molecule is CCCn1nc(C(=O)NNC(=O)C2CC(=O)N(c3cccc(Cl)c3)C2)c2ccccc2c1=O. The molecule has 2 aromatic carbocycles. The van der Waals surface area contributed by atoms with Crippen LogP contribution in [0.4, 0.5) is 5.69 Å². The second-order valence-electron chi connectivity index (χ2n) is 7.75. The van der Waals surface area contributed by atoms with Crippen LogP contribution >= 0.6 is 11.6 Å². The number of aryl methyl sites for hydroxylation is 1. The summed E-state index contributed by atoms with van der Waals surface area (Å²) in [5, 5.41) is 5.46. The third kappa shape index (κ3) is 4.58. The minimum atomic E-state index is -0.652. The van der Waals surface area contributed by atoms with Gasteiger partial charge >= 0.3 is 0 Å². The molecule has 1 atom stereocenters. The average molecular weight is 468 g/mol. The minimum absolute atomic E-state index is 0.0107. The van der Waals surface area contributed by atoms with Crippen molar-refractivity contribution >= 4 is 45.8 Å². The number of hydrazine groups is 1. The van der Waals surface area contributed by atoms with Gasteiger partial charge in [-0.15, -0.1) is 0 Å². The number of rotatable bonds is 5. The van der Waals surface area contributed by atoms with Crippen molar-refractivity contribution in [2.75, 3.05) is 11.4 Å². The number of carbonyl (C=O) groups excluding carboxylic acids is 3. The molecule has 0 radical (unpaired) electrons. The van der Waals surface area contributed by atoms with Crippen LogP contribution in [0.15, 0.2) is 53.3 Å². The van der Waals surface area contributed by atoms with Crippen LogP contribution in [0.2, 0.25) is 5.02 Å². The highest BCUT2D eigenvalue weighted by molar-refractivity contribution is 6.31. The molecule has 4 rings (SSSR count). The zero-order chi connectivity index (χ0) is 23.5. The quantitative estimate of drug-likeness (QED) is 0.559. The summed E-state index contributed by atoms with van der Waals surface area (Å²) in [7, 11) is 0. The van der Waals surface area contributed by atoms with Gasteiger partial charge in [0.25, 0.3) is 11.5 Å². The van der Waals surface area contributed by atoms with E-state index in [-0.39, 0.29) is 30.1 Å². The van der Waals surface area contributed by atoms with Crippen molar-refractivity contribution in [3.63, 3.8) is 0 Å². The van der Waals surface area contributed by atoms with Gasteiger partial charge in [0, 0.05) is 35.6 Å². The number of amides is 3. The summed E-state index contributed by atoms with van der Waals surface area (Å²) in [6.45, 7) is 2.43. The predicted molar refractivity (Wildman–Crippen MR) is 124 cm³/mol. The number of nitrogens with one attached hydrogen (secondary N) is 2. The van der Waals surface area contributed by atoms with E-state index in [0.29, 0.717) is 34.4 Å². The molecule has 1 aliphatic heterocycles. The van der Waals surface area contributed by atoms with Crippen LogP contribution in [-0.2, 0) is 16.1 Å². The summed E-state index contributed by atoms with van der Waals surface area (Å²) in [5.74, 6) is -1.99. The molecule has 0 saturated carbocycles. The maximum atomic E-state index is 12.8. The highest BCUT2D eigenvalue weighted by Crippen LogP contribution is 2.27. The average Bonchev–Trinajstić information content (AvgIpc) is 3.21. The highest BCUT2D eigenvalue weighted by Gasteiger charge is 2.35. The zero-order valence-corrected chi connectivity index (χ0v) is 18.6. The molecule has 1 unspecified atom stereocenters. The number of carbonyl (C=O) groups is 3. The lowest BCUT2D eigenvalue weighted by Crippen LogP contribution is -2.46. The van der Waals surface area contributed by atoms with Crippen molar-refractivity contribution in [1.82, 2.24) is 20.6 Å². The Morgan fingerprint density at radius 2 is 1.85 bits per heavy atom. The van der Waals surface area contributed by atoms with Gasteiger partial charge in [-0.05, 0) is 30.7 Å². The lowest BCUT2D eigenvalue weighted by molar-refractivity contribution is -0.126. The highest BCUT2D eigenvalue weighted by atomic mass is 35.5. The monoisotopic (exact) mass is 467 g/mol. The molecular formula is C23H22ClN5O4. The lowest BCUT2D eigenvalue weighted by atomic mass is 10.1. The standard InChI is InChI=1S/C23H22ClN5O4/c1-2-10-29-23(33)18-9-4-3-8-17(18)20(27-29)22(32)26-25-21(31)14-11-19(30)28(13-14)16-7-5-6-15(24)12-16/h3-9,12,14H,2,10-11,13H2,1H3,(H,25,31)(H,26,32). The van der Waals surface area contributed by atoms with Gasteiger partial charge in [0.2, 0.25) is 11.8 Å². The molecule has 33 heavy (non-hydrogen) atoms. The number of hydrogen-bond donors (Lipinski definition) is 2. The molecule has 0 bridgehead atoms. The van der Waals surface area contributed by atoms with Crippen LogP contribution in [0.25, 0.3) is 10.8 Å². The second kappa shape index (κ2) is 9.41. The molecule has 3 aromatic rings. The maximum absolute atomic E-state index is 12.8. The summed E-state index contributed by atoms with van der Waals surface area (Å²) in [6.07, 6.45) is 0.679. The van der Waals surface area contributed by atoms with Gasteiger partial charge in [-0.3, -0.25) is 30.0 Å². The third-order valence-electron chi connectivity index (χ3n) is 5.43. The van der Waals surface area contributed by atoms with Gasteiger partial charge in [0.1, 0.15) is 0 Å². The summed E-state index contributed by atoms with van der Waals surface area (Å²) in [6, 6.07) is 13.5. The van der Waals surface area contributed by atoms with E-state index in [4.69, 9.17) is 11.6 Å². The molecule has 9 nitrogen and oxygen atoms in total. The molecule has 2 heterocycles. The van der Waals surface area contributed by atoms with Crippen molar-refractivity contribution in [3.05, 3.63) is 69.6 Å². The molecule has 3 amide bonds. The molecule has 170 valence electrons. The number of aromatic nitrogens is 2. The van der Waals surface area contributed by atoms with Gasteiger partial charge in [0.05, 0.1) is 11.3 Å². The Labute approximate surface area is 194 Å². The summed E-state index contributed by atoms with van der Waals surface area (Å²) in [5.41, 5.74) is 5.12. The lowest BCUT2D eigenvalue weighted by Gasteiger charge is -2.17. The fraction of sp³-hybridized carbons (Fsp3) is 0.261. The Kier molecular flexibility index (Phi) is 6.41. The van der Waals surface area contributed by atoms with Crippen molar-refractivity contribution < 1.29 is 14.4 Å². The van der Waals surface area contributed by atoms with Crippen molar-refractivity contribution in [1.29, 1.82) is 0 Å². The van der Waals surface area contributed by atoms with Gasteiger partial charge in [-0.1, -0.05) is 42.8 Å². The van der Waals surface area contributed by atoms with E-state index in [0.717, 1.165) is 0 Å². The fourth-order valence-electron chi connectivity index (χ4n) is 3.82. The molecule has 1 saturated heterocycles. The third-order valence-corrected chi connectivity index (χ3v) is 5.67. The van der Waals surface area contributed by atoms with E-state index in [2.05, 4.69) is 16.0 Å². The number of halogens is 1. The summed E-state index contributed by atoms with van der Waals surface area (Å²) < 4.78 is 1.25. The fourth-order valence-corrected chi connectivity index (χ4v) is 4.01. The topological polar surface area (TPSA) is 113 Å². The van der Waals surface area contributed by atoms with E-state index in [1.165, 1.54) is 9.58 Å². The van der Waals surface area contributed by atoms with E-state index >= 15 is 0 Å². The van der Waals surface area contributed by atoms with Crippen LogP contribution in [-0.4, -0.2) is 34.0 Å². The number of nitrogens with zero attached hydrogens (tertiary/aromatic N) is 3. The first-order valence-electron chi connectivity index (χ1n) is 10.5. The normalized spacial score (nSPS) is 15.6. The van der Waals surface area contributed by atoms with E-state index < -0.39 is 17.7 Å². The van der Waals surface area contributed by atoms with Crippen molar-refractivity contribution in [3.8, 4) is 0 Å². The van der Waals surface area contributed by atoms with Crippen LogP contribution in [0.5, 0.6) is 0 Å². The Morgan fingerprint density at radius 3 is 2.58 bits per heavy atom. The van der Waals surface area contributed by atoms with E-state index in [9.17, 15) is 19.2 Å². The largest absolute Gasteiger partial charge is 0.312 e. The number of benzene rings is 2. The van der Waals surface area contributed by atoms with E-state index in [1.807, 2.05) is 6.92 Å². The molecule has 10 heteroatoms. The Bertz CT molecular complexity index is 1310. The molecule has 1 aliphatic rings. The molecule has 0 spiro atoms. The van der Waals surface area contributed by atoms with Gasteiger partial charge in [0.15, 0.2) is 5.69 Å². The summed E-state index contributed by atoms with van der Waals surface area (Å²) >= 11 is 6.00. The Hall–Kier alpha value is -3.72. The zero-order valence-electron chi connectivity index (χ0n) is 17.9. The van der Waals surface area contributed by atoms with E-state index in [1.54, 1.807) is 48.5 Å². The van der Waals surface area contributed by atoms with Crippen LogP contribution in [0.1, 0.15) is 30.3 Å². The van der Waals surface area contributed by atoms with Crippen LogP contribution in [0, 0.1) is 5.92 Å². The van der Waals surface area contributed by atoms with Gasteiger partial charge < -0.3 is 4.90 Å². The molecular weight excluding hydrogens is 446 g/mol. The first-order chi connectivity index (χ1) is 15.9. The molecule has 1 aromatic heterocycles. The number of hydrogen-bond acceptors (Lipinski definition) is 5. The minimum Gasteiger partial charge on any atom is -0.312 e. The number of anilines is 1. The second-order valence-corrected chi connectivity index (χ2v) is 8.19. The molecule has 0 aliphatic carbocycles. The number of fused-ring (bicyclic) bond motifs is 1. The van der Waals surface area contributed by atoms with Crippen LogP contribution in [0.3, 0.4) is 0 Å². The van der Waals surface area contributed by atoms with Gasteiger partial charge in [-0.2, -0.15) is 5.10 Å². The van der Waals surface area contributed by atoms with Crippen LogP contribution < -0.4 is 21.3 Å². The van der Waals surface area contributed by atoms with Crippen molar-refractivity contribution in [2.45, 2.75) is 26.3 Å².